The summed E-state index contributed by atoms with van der Waals surface area (Å²) in [7, 11) is -3.69. The molecule has 1 unspecified atom stereocenters. The van der Waals surface area contributed by atoms with Gasteiger partial charge >= 0.3 is 0 Å². The third-order valence-corrected chi connectivity index (χ3v) is 4.61. The van der Waals surface area contributed by atoms with E-state index in [0.717, 1.165) is 5.56 Å². The van der Waals surface area contributed by atoms with E-state index in [4.69, 9.17) is 21.5 Å². The summed E-state index contributed by atoms with van der Waals surface area (Å²) in [5, 5.41) is 8.35. The second-order valence-electron chi connectivity index (χ2n) is 5.45. The van der Waals surface area contributed by atoms with Crippen LogP contribution in [0.15, 0.2) is 53.4 Å². The van der Waals surface area contributed by atoms with Gasteiger partial charge in [-0.05, 0) is 49.2 Å². The lowest BCUT2D eigenvalue weighted by atomic mass is 10.1. The number of halogens is 1. The van der Waals surface area contributed by atoms with Crippen LogP contribution < -0.4 is 15.2 Å². The van der Waals surface area contributed by atoms with Crippen LogP contribution in [0.4, 0.5) is 0 Å². The molecular formula is C17H19ClN2O4S. The van der Waals surface area contributed by atoms with Crippen LogP contribution in [0, 0.1) is 0 Å². The van der Waals surface area contributed by atoms with Gasteiger partial charge in [-0.3, -0.25) is 4.79 Å². The first-order chi connectivity index (χ1) is 11.8. The third kappa shape index (κ3) is 6.04. The highest BCUT2D eigenvalue weighted by Crippen LogP contribution is 2.18. The van der Waals surface area contributed by atoms with Crippen molar-refractivity contribution < 1.29 is 17.9 Å². The van der Waals surface area contributed by atoms with Gasteiger partial charge in [0.15, 0.2) is 6.10 Å². The van der Waals surface area contributed by atoms with Crippen molar-refractivity contribution in [3.05, 3.63) is 59.1 Å². The molecule has 0 aliphatic rings. The summed E-state index contributed by atoms with van der Waals surface area (Å²) < 4.78 is 27.9. The van der Waals surface area contributed by atoms with E-state index in [1.54, 1.807) is 43.3 Å². The quantitative estimate of drug-likeness (QED) is 0.766. The smallest absolute Gasteiger partial charge is 0.260 e. The van der Waals surface area contributed by atoms with Gasteiger partial charge in [0.1, 0.15) is 5.75 Å². The predicted octanol–water partition coefficient (Wildman–Crippen LogP) is 2.11. The lowest BCUT2D eigenvalue weighted by Gasteiger charge is -2.15. The van der Waals surface area contributed by atoms with Gasteiger partial charge in [-0.2, -0.15) is 0 Å². The molecule has 0 fully saturated rings. The number of amides is 1. The van der Waals surface area contributed by atoms with E-state index in [0.29, 0.717) is 23.7 Å². The Morgan fingerprint density at radius 2 is 1.92 bits per heavy atom. The average Bonchev–Trinajstić information content (AvgIpc) is 2.54. The zero-order chi connectivity index (χ0) is 18.4. The van der Waals surface area contributed by atoms with Crippen LogP contribution in [-0.2, 0) is 21.2 Å². The van der Waals surface area contributed by atoms with Gasteiger partial charge in [0, 0.05) is 11.6 Å². The Labute approximate surface area is 152 Å². The number of sulfonamides is 1. The van der Waals surface area contributed by atoms with Gasteiger partial charge in [-0.15, -0.1) is 0 Å². The van der Waals surface area contributed by atoms with Crippen LogP contribution in [0.2, 0.25) is 5.02 Å². The third-order valence-electron chi connectivity index (χ3n) is 3.44. The van der Waals surface area contributed by atoms with Crippen molar-refractivity contribution in [1.82, 2.24) is 5.32 Å². The Hall–Kier alpha value is -2.09. The van der Waals surface area contributed by atoms with Crippen LogP contribution in [0.5, 0.6) is 5.75 Å². The Balaban J connectivity index is 1.81. The summed E-state index contributed by atoms with van der Waals surface area (Å²) in [6.45, 7) is 2.05. The van der Waals surface area contributed by atoms with E-state index in [-0.39, 0.29) is 10.8 Å². The maximum absolute atomic E-state index is 12.0. The minimum atomic E-state index is -3.69. The number of carbonyl (C=O) groups is 1. The molecule has 2 aromatic carbocycles. The molecule has 3 N–H and O–H groups in total. The summed E-state index contributed by atoms with van der Waals surface area (Å²) in [6, 6.07) is 13.0. The number of rotatable bonds is 7. The molecule has 8 heteroatoms. The number of benzene rings is 2. The van der Waals surface area contributed by atoms with Crippen molar-refractivity contribution >= 4 is 27.5 Å². The van der Waals surface area contributed by atoms with E-state index >= 15 is 0 Å². The highest BCUT2D eigenvalue weighted by Gasteiger charge is 2.14. The summed E-state index contributed by atoms with van der Waals surface area (Å²) in [6.07, 6.45) is -0.108. The highest BCUT2D eigenvalue weighted by molar-refractivity contribution is 7.89. The number of nitrogens with one attached hydrogen (secondary N) is 1. The van der Waals surface area contributed by atoms with Crippen LogP contribution >= 0.6 is 11.6 Å². The van der Waals surface area contributed by atoms with Crippen molar-refractivity contribution in [1.29, 1.82) is 0 Å². The molecule has 1 atom stereocenters. The lowest BCUT2D eigenvalue weighted by molar-refractivity contribution is -0.127. The van der Waals surface area contributed by atoms with Crippen LogP contribution in [-0.4, -0.2) is 27.0 Å². The molecule has 0 aromatic heterocycles. The minimum Gasteiger partial charge on any atom is -0.481 e. The van der Waals surface area contributed by atoms with E-state index in [1.807, 2.05) is 0 Å². The van der Waals surface area contributed by atoms with Gasteiger partial charge in [-0.25, -0.2) is 13.6 Å². The van der Waals surface area contributed by atoms with Gasteiger partial charge in [0.25, 0.3) is 5.91 Å². The normalized spacial score (nSPS) is 12.4. The molecule has 1 amide bonds. The Morgan fingerprint density at radius 3 is 2.52 bits per heavy atom. The standard InChI is InChI=1S/C17H19ClN2O4S/c1-12(24-15-4-2-3-14(18)11-15)17(21)20-10-9-13-5-7-16(8-6-13)25(19,22)23/h2-8,11-12H,9-10H2,1H3,(H,20,21)(H2,19,22,23). The molecule has 134 valence electrons. The molecule has 0 aliphatic carbocycles. The van der Waals surface area contributed by atoms with Gasteiger partial charge < -0.3 is 10.1 Å². The average molecular weight is 383 g/mol. The van der Waals surface area contributed by atoms with Crippen molar-refractivity contribution in [2.45, 2.75) is 24.3 Å². The minimum absolute atomic E-state index is 0.0591. The highest BCUT2D eigenvalue weighted by atomic mass is 35.5. The molecule has 2 aromatic rings. The summed E-state index contributed by atoms with van der Waals surface area (Å²) in [5.41, 5.74) is 0.885. The first-order valence-electron chi connectivity index (χ1n) is 7.57. The molecule has 0 spiro atoms. The SMILES string of the molecule is CC(Oc1cccc(Cl)c1)C(=O)NCCc1ccc(S(N)(=O)=O)cc1. The first kappa shape index (κ1) is 19.2. The molecule has 6 nitrogen and oxygen atoms in total. The first-order valence-corrected chi connectivity index (χ1v) is 9.50. The zero-order valence-corrected chi connectivity index (χ0v) is 15.2. The van der Waals surface area contributed by atoms with Gasteiger partial charge in [-0.1, -0.05) is 29.8 Å². The van der Waals surface area contributed by atoms with E-state index in [9.17, 15) is 13.2 Å². The fourth-order valence-corrected chi connectivity index (χ4v) is 2.81. The Kier molecular flexibility index (Phi) is 6.41. The molecule has 2 rings (SSSR count). The monoisotopic (exact) mass is 382 g/mol. The molecule has 0 bridgehead atoms. The number of carbonyl (C=O) groups excluding carboxylic acids is 1. The predicted molar refractivity (Wildman–Crippen MR) is 96.1 cm³/mol. The van der Waals surface area contributed by atoms with Crippen LogP contribution in [0.25, 0.3) is 0 Å². The molecule has 0 saturated carbocycles. The van der Waals surface area contributed by atoms with Crippen molar-refractivity contribution in [2.24, 2.45) is 5.14 Å². The molecule has 0 saturated heterocycles. The molecule has 25 heavy (non-hydrogen) atoms. The fraction of sp³-hybridized carbons (Fsp3) is 0.235. The number of primary sulfonamides is 1. The number of hydrogen-bond donors (Lipinski definition) is 2. The van der Waals surface area contributed by atoms with E-state index in [1.165, 1.54) is 12.1 Å². The van der Waals surface area contributed by atoms with Crippen LogP contribution in [0.1, 0.15) is 12.5 Å². The lowest BCUT2D eigenvalue weighted by Crippen LogP contribution is -2.37. The second-order valence-corrected chi connectivity index (χ2v) is 7.45. The van der Waals surface area contributed by atoms with Gasteiger partial charge in [0.2, 0.25) is 10.0 Å². The van der Waals surface area contributed by atoms with Gasteiger partial charge in [0.05, 0.1) is 4.90 Å². The number of nitrogens with two attached hydrogens (primary N) is 1. The Bertz CT molecular complexity index is 838. The molecule has 0 radical (unpaired) electrons. The second kappa shape index (κ2) is 8.33. The number of ether oxygens (including phenoxy) is 1. The maximum atomic E-state index is 12.0. The molecule has 0 heterocycles. The summed E-state index contributed by atoms with van der Waals surface area (Å²) in [4.78, 5) is 12.1. The summed E-state index contributed by atoms with van der Waals surface area (Å²) >= 11 is 5.87. The number of hydrogen-bond acceptors (Lipinski definition) is 4. The topological polar surface area (TPSA) is 98.5 Å². The van der Waals surface area contributed by atoms with Crippen LogP contribution in [0.3, 0.4) is 0 Å². The molecular weight excluding hydrogens is 364 g/mol. The van der Waals surface area contributed by atoms with E-state index in [2.05, 4.69) is 5.32 Å². The Morgan fingerprint density at radius 1 is 1.24 bits per heavy atom. The molecule has 0 aliphatic heterocycles. The zero-order valence-electron chi connectivity index (χ0n) is 13.6. The van der Waals surface area contributed by atoms with Crippen molar-refractivity contribution in [3.63, 3.8) is 0 Å². The maximum Gasteiger partial charge on any atom is 0.260 e. The van der Waals surface area contributed by atoms with Crippen molar-refractivity contribution in [2.75, 3.05) is 6.54 Å². The largest absolute Gasteiger partial charge is 0.481 e. The summed E-state index contributed by atoms with van der Waals surface area (Å²) in [5.74, 6) is 0.273. The van der Waals surface area contributed by atoms with Crippen molar-refractivity contribution in [3.8, 4) is 5.75 Å². The fourth-order valence-electron chi connectivity index (χ4n) is 2.12. The van der Waals surface area contributed by atoms with E-state index < -0.39 is 16.1 Å².